The molecule has 3 aromatic heterocycles. The summed E-state index contributed by atoms with van der Waals surface area (Å²) in [5.41, 5.74) is 3.18. The zero-order valence-electron chi connectivity index (χ0n) is 20.9. The van der Waals surface area contributed by atoms with Crippen LogP contribution in [0.15, 0.2) is 59.9 Å². The van der Waals surface area contributed by atoms with Crippen LogP contribution in [-0.2, 0) is 9.53 Å². The van der Waals surface area contributed by atoms with Crippen molar-refractivity contribution in [1.82, 2.24) is 19.2 Å². The summed E-state index contributed by atoms with van der Waals surface area (Å²) in [5, 5.41) is 4.96. The SMILES string of the molecule is COc1cc(-n2cnn3cc(-c4ccc(Cl)cn4)cc3c2=O)ccc1N1CCC(OC(=O)CC(C)C)C1. The van der Waals surface area contributed by atoms with Gasteiger partial charge in [-0.2, -0.15) is 5.10 Å². The third-order valence-corrected chi connectivity index (χ3v) is 6.58. The van der Waals surface area contributed by atoms with Crippen molar-refractivity contribution in [1.29, 1.82) is 0 Å². The Labute approximate surface area is 219 Å². The van der Waals surface area contributed by atoms with Gasteiger partial charge in [-0.3, -0.25) is 19.1 Å². The van der Waals surface area contributed by atoms with E-state index in [9.17, 15) is 9.59 Å². The van der Waals surface area contributed by atoms with Gasteiger partial charge in [0, 0.05) is 43.4 Å². The highest BCUT2D eigenvalue weighted by Crippen LogP contribution is 2.33. The van der Waals surface area contributed by atoms with Crippen molar-refractivity contribution in [2.24, 2.45) is 5.92 Å². The van der Waals surface area contributed by atoms with Gasteiger partial charge < -0.3 is 14.4 Å². The third-order valence-electron chi connectivity index (χ3n) is 6.35. The number of methoxy groups -OCH3 is 1. The molecule has 5 rings (SSSR count). The largest absolute Gasteiger partial charge is 0.495 e. The molecule has 0 spiro atoms. The van der Waals surface area contributed by atoms with E-state index >= 15 is 0 Å². The van der Waals surface area contributed by atoms with Gasteiger partial charge in [-0.25, -0.2) is 4.52 Å². The fourth-order valence-corrected chi connectivity index (χ4v) is 4.66. The molecular weight excluding hydrogens is 494 g/mol. The lowest BCUT2D eigenvalue weighted by atomic mass is 10.1. The summed E-state index contributed by atoms with van der Waals surface area (Å²) >= 11 is 5.95. The van der Waals surface area contributed by atoms with E-state index < -0.39 is 0 Å². The number of hydrogen-bond donors (Lipinski definition) is 0. The van der Waals surface area contributed by atoms with E-state index in [0.29, 0.717) is 40.6 Å². The molecule has 0 N–H and O–H groups in total. The quantitative estimate of drug-likeness (QED) is 0.333. The Morgan fingerprint density at radius 2 is 2.05 bits per heavy atom. The zero-order chi connectivity index (χ0) is 26.1. The van der Waals surface area contributed by atoms with Crippen molar-refractivity contribution in [2.75, 3.05) is 25.1 Å². The van der Waals surface area contributed by atoms with Gasteiger partial charge in [0.2, 0.25) is 0 Å². The summed E-state index contributed by atoms with van der Waals surface area (Å²) < 4.78 is 14.4. The number of esters is 1. The number of carbonyl (C=O) groups is 1. The highest BCUT2D eigenvalue weighted by atomic mass is 35.5. The van der Waals surface area contributed by atoms with Crippen LogP contribution in [0.3, 0.4) is 0 Å². The van der Waals surface area contributed by atoms with Crippen molar-refractivity contribution in [3.05, 3.63) is 70.5 Å². The average Bonchev–Trinajstić information content (AvgIpc) is 3.51. The molecule has 1 fully saturated rings. The van der Waals surface area contributed by atoms with Crippen LogP contribution in [0, 0.1) is 5.92 Å². The summed E-state index contributed by atoms with van der Waals surface area (Å²) in [6.45, 7) is 5.34. The predicted molar refractivity (Wildman–Crippen MR) is 142 cm³/mol. The van der Waals surface area contributed by atoms with E-state index in [2.05, 4.69) is 15.0 Å². The van der Waals surface area contributed by atoms with E-state index in [1.54, 1.807) is 42.2 Å². The second kappa shape index (κ2) is 10.3. The van der Waals surface area contributed by atoms with E-state index in [1.807, 2.05) is 32.0 Å². The molecule has 1 aliphatic heterocycles. The maximum absolute atomic E-state index is 13.4. The lowest BCUT2D eigenvalue weighted by Gasteiger charge is -2.22. The van der Waals surface area contributed by atoms with Crippen LogP contribution in [0.25, 0.3) is 22.5 Å². The van der Waals surface area contributed by atoms with Gasteiger partial charge in [-0.05, 0) is 36.2 Å². The van der Waals surface area contributed by atoms with Crippen molar-refractivity contribution in [2.45, 2.75) is 32.8 Å². The summed E-state index contributed by atoms with van der Waals surface area (Å²) in [5.74, 6) is 0.730. The number of rotatable bonds is 7. The topological polar surface area (TPSA) is 91.0 Å². The molecule has 10 heteroatoms. The van der Waals surface area contributed by atoms with Crippen LogP contribution < -0.4 is 15.2 Å². The summed E-state index contributed by atoms with van der Waals surface area (Å²) in [6, 6.07) is 10.9. The fourth-order valence-electron chi connectivity index (χ4n) is 4.55. The first-order valence-corrected chi connectivity index (χ1v) is 12.5. The number of pyridine rings is 1. The minimum absolute atomic E-state index is 0.149. The van der Waals surface area contributed by atoms with Gasteiger partial charge in [0.1, 0.15) is 23.7 Å². The maximum atomic E-state index is 13.4. The molecule has 9 nitrogen and oxygen atoms in total. The van der Waals surface area contributed by atoms with Gasteiger partial charge in [0.15, 0.2) is 0 Å². The Bertz CT molecular complexity index is 1500. The molecule has 1 unspecified atom stereocenters. The normalized spacial score (nSPS) is 15.5. The number of carbonyl (C=O) groups excluding carboxylic acids is 1. The van der Waals surface area contributed by atoms with Gasteiger partial charge in [-0.1, -0.05) is 25.4 Å². The van der Waals surface area contributed by atoms with E-state index in [0.717, 1.165) is 24.2 Å². The summed E-state index contributed by atoms with van der Waals surface area (Å²) in [6.07, 6.45) is 5.84. The van der Waals surface area contributed by atoms with Gasteiger partial charge >= 0.3 is 5.97 Å². The molecule has 1 saturated heterocycles. The average molecular weight is 522 g/mol. The lowest BCUT2D eigenvalue weighted by molar-refractivity contribution is -0.148. The molecule has 0 bridgehead atoms. The van der Waals surface area contributed by atoms with E-state index in [4.69, 9.17) is 21.1 Å². The summed E-state index contributed by atoms with van der Waals surface area (Å²) in [4.78, 5) is 31.9. The van der Waals surface area contributed by atoms with Gasteiger partial charge in [0.05, 0.1) is 35.7 Å². The second-order valence-electron chi connectivity index (χ2n) is 9.53. The molecule has 37 heavy (non-hydrogen) atoms. The standard InChI is InChI=1S/C27H28ClN5O4/c1-17(2)10-26(34)37-21-8-9-31(15-21)23-7-5-20(12-25(23)36-3)32-16-30-33-14-18(11-24(33)27(32)35)22-6-4-19(28)13-29-22/h4-7,11-14,16-17,21H,8-10,15H2,1-3H3. The first kappa shape index (κ1) is 24.8. The van der Waals surface area contributed by atoms with E-state index in [-0.39, 0.29) is 23.6 Å². The molecule has 4 aromatic rings. The minimum atomic E-state index is -0.219. The molecule has 4 heterocycles. The Morgan fingerprint density at radius 3 is 2.78 bits per heavy atom. The Balaban J connectivity index is 1.39. The molecular formula is C27H28ClN5O4. The molecule has 0 amide bonds. The lowest BCUT2D eigenvalue weighted by Crippen LogP contribution is -2.25. The second-order valence-corrected chi connectivity index (χ2v) is 9.96. The van der Waals surface area contributed by atoms with Crippen LogP contribution >= 0.6 is 11.6 Å². The van der Waals surface area contributed by atoms with Crippen molar-refractivity contribution in [3.8, 4) is 22.7 Å². The number of anilines is 1. The Morgan fingerprint density at radius 1 is 1.22 bits per heavy atom. The van der Waals surface area contributed by atoms with Crippen molar-refractivity contribution >= 4 is 28.8 Å². The van der Waals surface area contributed by atoms with Crippen LogP contribution in [-0.4, -0.2) is 51.4 Å². The van der Waals surface area contributed by atoms with Crippen LogP contribution in [0.2, 0.25) is 5.02 Å². The Hall–Kier alpha value is -3.85. The number of fused-ring (bicyclic) bond motifs is 1. The number of halogens is 1. The zero-order valence-corrected chi connectivity index (χ0v) is 21.7. The highest BCUT2D eigenvalue weighted by Gasteiger charge is 2.28. The van der Waals surface area contributed by atoms with E-state index in [1.165, 1.54) is 10.9 Å². The number of nitrogens with zero attached hydrogens (tertiary/aromatic N) is 5. The molecule has 0 aliphatic carbocycles. The molecule has 1 aromatic carbocycles. The molecule has 1 aliphatic rings. The Kier molecular flexibility index (Phi) is 6.88. The van der Waals surface area contributed by atoms with Gasteiger partial charge in [-0.15, -0.1) is 0 Å². The van der Waals surface area contributed by atoms with Crippen molar-refractivity contribution < 1.29 is 14.3 Å². The maximum Gasteiger partial charge on any atom is 0.306 e. The summed E-state index contributed by atoms with van der Waals surface area (Å²) in [7, 11) is 1.60. The monoisotopic (exact) mass is 521 g/mol. The third kappa shape index (κ3) is 5.17. The van der Waals surface area contributed by atoms with Crippen molar-refractivity contribution in [3.63, 3.8) is 0 Å². The van der Waals surface area contributed by atoms with Crippen LogP contribution in [0.5, 0.6) is 5.75 Å². The number of aromatic nitrogens is 4. The molecule has 192 valence electrons. The molecule has 0 radical (unpaired) electrons. The van der Waals surface area contributed by atoms with Crippen LogP contribution in [0.4, 0.5) is 5.69 Å². The highest BCUT2D eigenvalue weighted by molar-refractivity contribution is 6.30. The molecule has 0 saturated carbocycles. The fraction of sp³-hybridized carbons (Fsp3) is 0.333. The number of ether oxygens (including phenoxy) is 2. The predicted octanol–water partition coefficient (Wildman–Crippen LogP) is 4.38. The first-order chi connectivity index (χ1) is 17.8. The number of benzene rings is 1. The smallest absolute Gasteiger partial charge is 0.306 e. The van der Waals surface area contributed by atoms with Gasteiger partial charge in [0.25, 0.3) is 5.56 Å². The minimum Gasteiger partial charge on any atom is -0.495 e. The van der Waals surface area contributed by atoms with Crippen LogP contribution in [0.1, 0.15) is 26.7 Å². The number of hydrogen-bond acceptors (Lipinski definition) is 7. The molecule has 1 atom stereocenters. The first-order valence-electron chi connectivity index (χ1n) is 12.2.